The summed E-state index contributed by atoms with van der Waals surface area (Å²) in [6, 6.07) is 7.87. The predicted octanol–water partition coefficient (Wildman–Crippen LogP) is 0.546. The topological polar surface area (TPSA) is 98.9 Å². The molecule has 1 fully saturated rings. The maximum Gasteiger partial charge on any atom is 0.248 e. The summed E-state index contributed by atoms with van der Waals surface area (Å²) in [7, 11) is 2.04. The van der Waals surface area contributed by atoms with Crippen molar-refractivity contribution in [1.29, 1.82) is 0 Å². The fraction of sp³-hybridized carbons (Fsp3) is 0.467. The SMILES string of the molecule is CN1CCC(N)(c2nc(CCn3nnc4ccccc43)no2)C1. The Labute approximate surface area is 133 Å². The molecule has 120 valence electrons. The van der Waals surface area contributed by atoms with Crippen LogP contribution in [0.5, 0.6) is 0 Å². The fourth-order valence-corrected chi connectivity index (χ4v) is 3.05. The summed E-state index contributed by atoms with van der Waals surface area (Å²) in [5.41, 5.74) is 7.74. The Kier molecular flexibility index (Phi) is 3.35. The molecule has 0 amide bonds. The van der Waals surface area contributed by atoms with Crippen molar-refractivity contribution in [3.8, 4) is 0 Å². The van der Waals surface area contributed by atoms with Crippen LogP contribution >= 0.6 is 0 Å². The largest absolute Gasteiger partial charge is 0.337 e. The lowest BCUT2D eigenvalue weighted by molar-refractivity contribution is 0.276. The molecule has 0 bridgehead atoms. The Morgan fingerprint density at radius 3 is 3.04 bits per heavy atom. The maximum atomic E-state index is 6.38. The van der Waals surface area contributed by atoms with Crippen molar-refractivity contribution in [2.24, 2.45) is 5.73 Å². The Morgan fingerprint density at radius 1 is 1.35 bits per heavy atom. The van der Waals surface area contributed by atoms with E-state index >= 15 is 0 Å². The molecule has 2 aromatic heterocycles. The minimum Gasteiger partial charge on any atom is -0.337 e. The van der Waals surface area contributed by atoms with E-state index in [1.165, 1.54) is 0 Å². The summed E-state index contributed by atoms with van der Waals surface area (Å²) in [6.07, 6.45) is 1.46. The quantitative estimate of drug-likeness (QED) is 0.750. The summed E-state index contributed by atoms with van der Waals surface area (Å²) in [5, 5.41) is 12.4. The number of benzene rings is 1. The van der Waals surface area contributed by atoms with Crippen LogP contribution in [0.3, 0.4) is 0 Å². The van der Waals surface area contributed by atoms with Crippen molar-refractivity contribution in [3.05, 3.63) is 36.0 Å². The van der Waals surface area contributed by atoms with Gasteiger partial charge < -0.3 is 15.2 Å². The first-order valence-electron chi connectivity index (χ1n) is 7.73. The van der Waals surface area contributed by atoms with E-state index < -0.39 is 5.54 Å². The van der Waals surface area contributed by atoms with Gasteiger partial charge in [-0.1, -0.05) is 22.5 Å². The number of aromatic nitrogens is 5. The molecule has 1 unspecified atom stereocenters. The molecule has 0 aliphatic carbocycles. The van der Waals surface area contributed by atoms with Gasteiger partial charge in [0.25, 0.3) is 0 Å². The van der Waals surface area contributed by atoms with Crippen molar-refractivity contribution in [3.63, 3.8) is 0 Å². The second-order valence-corrected chi connectivity index (χ2v) is 6.21. The number of para-hydroxylation sites is 1. The lowest BCUT2D eigenvalue weighted by atomic mass is 10.0. The van der Waals surface area contributed by atoms with E-state index in [0.717, 1.165) is 30.5 Å². The number of fused-ring (bicyclic) bond motifs is 1. The maximum absolute atomic E-state index is 6.38. The molecule has 1 atom stereocenters. The molecule has 1 aromatic carbocycles. The third-order valence-electron chi connectivity index (χ3n) is 4.35. The molecule has 1 saturated heterocycles. The van der Waals surface area contributed by atoms with Crippen molar-refractivity contribution in [1.82, 2.24) is 30.0 Å². The van der Waals surface area contributed by atoms with Gasteiger partial charge in [0.2, 0.25) is 5.89 Å². The molecule has 4 rings (SSSR count). The van der Waals surface area contributed by atoms with Gasteiger partial charge in [-0.05, 0) is 25.6 Å². The molecule has 8 nitrogen and oxygen atoms in total. The van der Waals surface area contributed by atoms with Crippen molar-refractivity contribution < 1.29 is 4.52 Å². The Bertz CT molecular complexity index is 826. The van der Waals surface area contributed by atoms with Crippen molar-refractivity contribution in [2.45, 2.75) is 24.9 Å². The van der Waals surface area contributed by atoms with E-state index in [4.69, 9.17) is 10.3 Å². The van der Waals surface area contributed by atoms with Crippen LogP contribution in [-0.2, 0) is 18.5 Å². The van der Waals surface area contributed by atoms with E-state index in [2.05, 4.69) is 25.4 Å². The Balaban J connectivity index is 1.48. The average Bonchev–Trinajstić information content (AvgIpc) is 3.25. The first-order chi connectivity index (χ1) is 11.1. The van der Waals surface area contributed by atoms with Gasteiger partial charge in [0.05, 0.1) is 12.1 Å². The van der Waals surface area contributed by atoms with Gasteiger partial charge in [0, 0.05) is 19.5 Å². The molecule has 1 aliphatic rings. The third kappa shape index (κ3) is 2.60. The molecule has 2 N–H and O–H groups in total. The van der Waals surface area contributed by atoms with E-state index in [9.17, 15) is 0 Å². The van der Waals surface area contributed by atoms with Gasteiger partial charge >= 0.3 is 0 Å². The number of likely N-dealkylation sites (N-methyl/N-ethyl adjacent to an activating group) is 1. The lowest BCUT2D eigenvalue weighted by Crippen LogP contribution is -2.39. The first-order valence-corrected chi connectivity index (χ1v) is 7.73. The zero-order valence-electron chi connectivity index (χ0n) is 13.0. The van der Waals surface area contributed by atoms with Crippen molar-refractivity contribution in [2.75, 3.05) is 20.1 Å². The highest BCUT2D eigenvalue weighted by molar-refractivity contribution is 5.73. The summed E-state index contributed by atoms with van der Waals surface area (Å²) in [6.45, 7) is 2.33. The minimum absolute atomic E-state index is 0.528. The number of likely N-dealkylation sites (tertiary alicyclic amines) is 1. The van der Waals surface area contributed by atoms with Gasteiger partial charge in [0.15, 0.2) is 5.82 Å². The zero-order valence-corrected chi connectivity index (χ0v) is 13.0. The van der Waals surface area contributed by atoms with Crippen LogP contribution in [0.25, 0.3) is 11.0 Å². The summed E-state index contributed by atoms with van der Waals surface area (Å²) in [5.74, 6) is 1.18. The number of hydrogen-bond donors (Lipinski definition) is 1. The molecule has 3 heterocycles. The summed E-state index contributed by atoms with van der Waals surface area (Å²) in [4.78, 5) is 6.66. The van der Waals surface area contributed by atoms with E-state index in [-0.39, 0.29) is 0 Å². The molecule has 0 saturated carbocycles. The predicted molar refractivity (Wildman–Crippen MR) is 83.5 cm³/mol. The lowest BCUT2D eigenvalue weighted by Gasteiger charge is -2.18. The molecular formula is C15H19N7O. The van der Waals surface area contributed by atoms with Crippen LogP contribution in [0, 0.1) is 0 Å². The Morgan fingerprint density at radius 2 is 2.22 bits per heavy atom. The normalized spacial score (nSPS) is 22.2. The van der Waals surface area contributed by atoms with Gasteiger partial charge in [-0.2, -0.15) is 4.98 Å². The van der Waals surface area contributed by atoms with Gasteiger partial charge in [-0.15, -0.1) is 5.10 Å². The van der Waals surface area contributed by atoms with E-state index in [0.29, 0.717) is 24.7 Å². The summed E-state index contributed by atoms with van der Waals surface area (Å²) < 4.78 is 7.25. The first kappa shape index (κ1) is 14.3. The van der Waals surface area contributed by atoms with Crippen LogP contribution in [0.2, 0.25) is 0 Å². The number of nitrogens with two attached hydrogens (primary N) is 1. The van der Waals surface area contributed by atoms with Crippen LogP contribution in [0.1, 0.15) is 18.1 Å². The van der Waals surface area contributed by atoms with E-state index in [1.54, 1.807) is 0 Å². The standard InChI is InChI=1S/C15H19N7O/c1-21-9-7-15(16,10-21)14-17-13(19-23-14)6-8-22-12-5-3-2-4-11(12)18-20-22/h2-5H,6-10,16H2,1H3. The third-order valence-corrected chi connectivity index (χ3v) is 4.35. The summed E-state index contributed by atoms with van der Waals surface area (Å²) >= 11 is 0. The number of hydrogen-bond acceptors (Lipinski definition) is 7. The number of rotatable bonds is 4. The van der Waals surface area contributed by atoms with Gasteiger partial charge in [0.1, 0.15) is 11.1 Å². The second kappa shape index (κ2) is 5.39. The number of nitrogens with zero attached hydrogens (tertiary/aromatic N) is 6. The van der Waals surface area contributed by atoms with Crippen LogP contribution in [0.4, 0.5) is 0 Å². The smallest absolute Gasteiger partial charge is 0.248 e. The highest BCUT2D eigenvalue weighted by Crippen LogP contribution is 2.27. The van der Waals surface area contributed by atoms with Crippen LogP contribution < -0.4 is 5.73 Å². The molecule has 23 heavy (non-hydrogen) atoms. The highest BCUT2D eigenvalue weighted by Gasteiger charge is 2.39. The van der Waals surface area contributed by atoms with Crippen LogP contribution in [-0.4, -0.2) is 50.2 Å². The van der Waals surface area contributed by atoms with E-state index in [1.807, 2.05) is 36.0 Å². The van der Waals surface area contributed by atoms with Crippen molar-refractivity contribution >= 4 is 11.0 Å². The zero-order chi connectivity index (χ0) is 15.9. The fourth-order valence-electron chi connectivity index (χ4n) is 3.05. The molecule has 0 spiro atoms. The second-order valence-electron chi connectivity index (χ2n) is 6.21. The molecule has 3 aromatic rings. The number of aryl methyl sites for hydroxylation is 2. The molecule has 1 aliphatic heterocycles. The van der Waals surface area contributed by atoms with Crippen LogP contribution in [0.15, 0.2) is 28.8 Å². The highest BCUT2D eigenvalue weighted by atomic mass is 16.5. The van der Waals surface area contributed by atoms with Gasteiger partial charge in [-0.3, -0.25) is 0 Å². The molecule has 0 radical (unpaired) electrons. The Hall–Kier alpha value is -2.32. The minimum atomic E-state index is -0.528. The van der Waals surface area contributed by atoms with Gasteiger partial charge in [-0.25, -0.2) is 4.68 Å². The monoisotopic (exact) mass is 313 g/mol. The average molecular weight is 313 g/mol. The molecule has 8 heteroatoms. The molecular weight excluding hydrogens is 294 g/mol.